The number of hydrogen-bond donors (Lipinski definition) is 1. The van der Waals surface area contributed by atoms with Crippen LogP contribution in [-0.2, 0) is 10.2 Å². The summed E-state index contributed by atoms with van der Waals surface area (Å²) >= 11 is 0. The summed E-state index contributed by atoms with van der Waals surface area (Å²) in [5.74, 6) is -0.985. The number of carbonyl (C=O) groups is 1. The number of hydrogen-bond acceptors (Lipinski definition) is 3. The lowest BCUT2D eigenvalue weighted by molar-refractivity contribution is 0.0634. The first-order chi connectivity index (χ1) is 8.19. The van der Waals surface area contributed by atoms with E-state index in [4.69, 9.17) is 9.84 Å². The highest BCUT2D eigenvalue weighted by Gasteiger charge is 2.37. The van der Waals surface area contributed by atoms with Gasteiger partial charge in [0, 0.05) is 13.2 Å². The Morgan fingerprint density at radius 1 is 1.35 bits per heavy atom. The Labute approximate surface area is 99.4 Å². The van der Waals surface area contributed by atoms with Gasteiger partial charge >= 0.3 is 5.97 Å². The highest BCUT2D eigenvalue weighted by Crippen LogP contribution is 2.36. The number of rotatable bonds is 2. The van der Waals surface area contributed by atoms with E-state index < -0.39 is 11.4 Å². The van der Waals surface area contributed by atoms with Gasteiger partial charge in [0.15, 0.2) is 0 Å². The average Bonchev–Trinajstić information content (AvgIpc) is 2.39. The summed E-state index contributed by atoms with van der Waals surface area (Å²) < 4.78 is 5.25. The van der Waals surface area contributed by atoms with Crippen LogP contribution in [-0.4, -0.2) is 24.3 Å². The minimum Gasteiger partial charge on any atom is -0.478 e. The zero-order valence-electron chi connectivity index (χ0n) is 9.35. The number of nitrogens with zero attached hydrogens (tertiary/aromatic N) is 1. The summed E-state index contributed by atoms with van der Waals surface area (Å²) in [5.41, 5.74) is 0.113. The van der Waals surface area contributed by atoms with E-state index in [1.54, 1.807) is 24.3 Å². The molecule has 0 unspecified atom stereocenters. The van der Waals surface area contributed by atoms with Crippen molar-refractivity contribution >= 4 is 5.97 Å². The molecule has 88 valence electrons. The third-order valence-corrected chi connectivity index (χ3v) is 3.23. The first kappa shape index (κ1) is 11.6. The number of carboxylic acid groups (broad SMARTS) is 1. The summed E-state index contributed by atoms with van der Waals surface area (Å²) in [4.78, 5) is 11.2. The zero-order valence-corrected chi connectivity index (χ0v) is 9.35. The van der Waals surface area contributed by atoms with Crippen LogP contribution >= 0.6 is 0 Å². The van der Waals surface area contributed by atoms with Gasteiger partial charge in [-0.05, 0) is 24.5 Å². The minimum absolute atomic E-state index is 0.218. The van der Waals surface area contributed by atoms with Crippen molar-refractivity contribution in [3.05, 3.63) is 35.4 Å². The number of benzene rings is 1. The Kier molecular flexibility index (Phi) is 3.12. The molecule has 4 heteroatoms. The highest BCUT2D eigenvalue weighted by molar-refractivity contribution is 5.90. The molecule has 1 saturated heterocycles. The van der Waals surface area contributed by atoms with E-state index >= 15 is 0 Å². The van der Waals surface area contributed by atoms with Crippen LogP contribution in [0.3, 0.4) is 0 Å². The van der Waals surface area contributed by atoms with Crippen LogP contribution in [0.5, 0.6) is 0 Å². The van der Waals surface area contributed by atoms with Gasteiger partial charge in [-0.25, -0.2) is 4.79 Å². The second-order valence-corrected chi connectivity index (χ2v) is 4.16. The van der Waals surface area contributed by atoms with Crippen LogP contribution in [0.15, 0.2) is 24.3 Å². The van der Waals surface area contributed by atoms with Crippen molar-refractivity contribution in [2.75, 3.05) is 13.2 Å². The fraction of sp³-hybridized carbons (Fsp3) is 0.385. The number of carboxylic acids is 1. The van der Waals surface area contributed by atoms with Crippen molar-refractivity contribution in [3.8, 4) is 6.07 Å². The molecule has 0 spiro atoms. The zero-order chi connectivity index (χ0) is 12.3. The van der Waals surface area contributed by atoms with E-state index in [0.717, 1.165) is 0 Å². The maximum atomic E-state index is 11.2. The summed E-state index contributed by atoms with van der Waals surface area (Å²) in [5, 5.41) is 18.6. The highest BCUT2D eigenvalue weighted by atomic mass is 16.5. The predicted octanol–water partition coefficient (Wildman–Crippen LogP) is 1.96. The summed E-state index contributed by atoms with van der Waals surface area (Å²) in [7, 11) is 0. The molecule has 0 amide bonds. The van der Waals surface area contributed by atoms with Gasteiger partial charge in [-0.1, -0.05) is 18.2 Å². The molecular weight excluding hydrogens is 218 g/mol. The maximum absolute atomic E-state index is 11.2. The van der Waals surface area contributed by atoms with Crippen LogP contribution in [0.4, 0.5) is 0 Å². The summed E-state index contributed by atoms with van der Waals surface area (Å²) in [6.07, 6.45) is 1.10. The van der Waals surface area contributed by atoms with Gasteiger partial charge < -0.3 is 9.84 Å². The van der Waals surface area contributed by atoms with E-state index in [1.165, 1.54) is 0 Å². The molecular formula is C13H13NO3. The van der Waals surface area contributed by atoms with Gasteiger partial charge in [0.05, 0.1) is 17.0 Å². The quantitative estimate of drug-likeness (QED) is 0.844. The lowest BCUT2D eigenvalue weighted by Crippen LogP contribution is -2.33. The Balaban J connectivity index is 2.51. The normalized spacial score (nSPS) is 18.3. The standard InChI is InChI=1S/C13H13NO3/c14-9-13(5-7-17-8-6-13)11-4-2-1-3-10(11)12(15)16/h1-4H,5-8H2,(H,15,16). The van der Waals surface area contributed by atoms with Gasteiger partial charge in [-0.2, -0.15) is 5.26 Å². The molecule has 0 radical (unpaired) electrons. The smallest absolute Gasteiger partial charge is 0.336 e. The van der Waals surface area contributed by atoms with Gasteiger partial charge in [0.1, 0.15) is 0 Å². The van der Waals surface area contributed by atoms with Crippen molar-refractivity contribution < 1.29 is 14.6 Å². The number of nitriles is 1. The molecule has 0 bridgehead atoms. The molecule has 0 saturated carbocycles. The summed E-state index contributed by atoms with van der Waals surface area (Å²) in [6, 6.07) is 9.02. The first-order valence-electron chi connectivity index (χ1n) is 5.51. The lowest BCUT2D eigenvalue weighted by atomic mass is 9.73. The van der Waals surface area contributed by atoms with E-state index in [2.05, 4.69) is 6.07 Å². The third-order valence-electron chi connectivity index (χ3n) is 3.23. The molecule has 0 aliphatic carbocycles. The molecule has 1 aromatic carbocycles. The summed E-state index contributed by atoms with van der Waals surface area (Å²) in [6.45, 7) is 1.00. The number of ether oxygens (including phenoxy) is 1. The third kappa shape index (κ3) is 2.02. The maximum Gasteiger partial charge on any atom is 0.336 e. The van der Waals surface area contributed by atoms with Crippen LogP contribution in [0, 0.1) is 11.3 Å². The van der Waals surface area contributed by atoms with Crippen LogP contribution in [0.1, 0.15) is 28.8 Å². The second kappa shape index (κ2) is 4.56. The molecule has 0 atom stereocenters. The van der Waals surface area contributed by atoms with Crippen LogP contribution in [0.25, 0.3) is 0 Å². The van der Waals surface area contributed by atoms with E-state index in [-0.39, 0.29) is 5.56 Å². The Hall–Kier alpha value is -1.86. The molecule has 1 fully saturated rings. The first-order valence-corrected chi connectivity index (χ1v) is 5.51. The largest absolute Gasteiger partial charge is 0.478 e. The number of aromatic carboxylic acids is 1. The van der Waals surface area contributed by atoms with Crippen LogP contribution < -0.4 is 0 Å². The van der Waals surface area contributed by atoms with Gasteiger partial charge in [0.2, 0.25) is 0 Å². The lowest BCUT2D eigenvalue weighted by Gasteiger charge is -2.32. The topological polar surface area (TPSA) is 70.3 Å². The SMILES string of the molecule is N#CC1(c2ccccc2C(=O)O)CCOCC1. The van der Waals surface area contributed by atoms with Gasteiger partial charge in [-0.15, -0.1) is 0 Å². The molecule has 0 aromatic heterocycles. The molecule has 4 nitrogen and oxygen atoms in total. The Morgan fingerprint density at radius 2 is 2.00 bits per heavy atom. The van der Waals surface area contributed by atoms with Crippen molar-refractivity contribution in [1.29, 1.82) is 5.26 Å². The molecule has 2 rings (SSSR count). The van der Waals surface area contributed by atoms with Gasteiger partial charge in [-0.3, -0.25) is 0 Å². The monoisotopic (exact) mass is 231 g/mol. The minimum atomic E-state index is -0.985. The Bertz CT molecular complexity index is 470. The van der Waals surface area contributed by atoms with Crippen molar-refractivity contribution in [1.82, 2.24) is 0 Å². The molecule has 17 heavy (non-hydrogen) atoms. The Morgan fingerprint density at radius 3 is 2.59 bits per heavy atom. The average molecular weight is 231 g/mol. The van der Waals surface area contributed by atoms with Crippen molar-refractivity contribution in [3.63, 3.8) is 0 Å². The van der Waals surface area contributed by atoms with E-state index in [1.807, 2.05) is 0 Å². The second-order valence-electron chi connectivity index (χ2n) is 4.16. The molecule has 1 aliphatic heterocycles. The fourth-order valence-electron chi connectivity index (χ4n) is 2.25. The molecule has 1 aliphatic rings. The molecule has 1 aromatic rings. The molecule has 1 heterocycles. The fourth-order valence-corrected chi connectivity index (χ4v) is 2.25. The van der Waals surface area contributed by atoms with Crippen molar-refractivity contribution in [2.24, 2.45) is 0 Å². The predicted molar refractivity (Wildman–Crippen MR) is 60.7 cm³/mol. The van der Waals surface area contributed by atoms with E-state index in [0.29, 0.717) is 31.6 Å². The van der Waals surface area contributed by atoms with Gasteiger partial charge in [0.25, 0.3) is 0 Å². The van der Waals surface area contributed by atoms with Crippen molar-refractivity contribution in [2.45, 2.75) is 18.3 Å². The molecule has 1 N–H and O–H groups in total. The van der Waals surface area contributed by atoms with E-state index in [9.17, 15) is 10.1 Å². The van der Waals surface area contributed by atoms with Crippen LogP contribution in [0.2, 0.25) is 0 Å².